The smallest absolute Gasteiger partial charge is 0.240 e. The Balaban J connectivity index is 0.000000830. The molecule has 0 amide bonds. The second-order valence-electron chi connectivity index (χ2n) is 9.60. The number of hydrogen-bond acceptors (Lipinski definition) is 4. The van der Waals surface area contributed by atoms with E-state index in [0.29, 0.717) is 0 Å². The molecule has 232 valence electrons. The van der Waals surface area contributed by atoms with Gasteiger partial charge in [0, 0.05) is 0 Å². The average molecular weight is 617 g/mol. The maximum Gasteiger partial charge on any atom is 0.512 e. The van der Waals surface area contributed by atoms with Crippen molar-refractivity contribution in [1.82, 2.24) is 8.69 Å². The van der Waals surface area contributed by atoms with Crippen LogP contribution in [0.2, 0.25) is 0 Å². The molecular formula is C24H44F6N3O4S2+. The summed E-state index contributed by atoms with van der Waals surface area (Å²) in [6, 6.07) is 0. The molecule has 0 aliphatic rings. The van der Waals surface area contributed by atoms with E-state index in [1.807, 2.05) is 0 Å². The molecule has 0 atom stereocenters. The number of sulfonamides is 2. The van der Waals surface area contributed by atoms with Gasteiger partial charge in [0.25, 0.3) is 0 Å². The molecular weight excluding hydrogens is 572 g/mol. The van der Waals surface area contributed by atoms with Crippen LogP contribution in [0, 0.1) is 0 Å². The highest BCUT2D eigenvalue weighted by Crippen LogP contribution is 2.27. The summed E-state index contributed by atoms with van der Waals surface area (Å²) < 4.78 is 113. The minimum atomic E-state index is -6.60. The first kappa shape index (κ1) is 37.6. The van der Waals surface area contributed by atoms with Gasteiger partial charge in [-0.3, -0.25) is 0 Å². The number of hydrogen-bond donors (Lipinski definition) is 1. The molecule has 0 saturated heterocycles. The van der Waals surface area contributed by atoms with E-state index in [9.17, 15) is 43.2 Å². The van der Waals surface area contributed by atoms with Crippen LogP contribution in [0.4, 0.5) is 26.3 Å². The van der Waals surface area contributed by atoms with Gasteiger partial charge >= 0.3 is 31.1 Å². The molecule has 0 bridgehead atoms. The molecule has 0 aliphatic carbocycles. The highest BCUT2D eigenvalue weighted by Gasteiger charge is 2.55. The van der Waals surface area contributed by atoms with Gasteiger partial charge in [-0.15, -0.1) is 0 Å². The van der Waals surface area contributed by atoms with Gasteiger partial charge in [0.1, 0.15) is 12.4 Å². The molecule has 0 fully saturated rings. The van der Waals surface area contributed by atoms with Crippen molar-refractivity contribution in [2.24, 2.45) is 7.05 Å². The predicted molar refractivity (Wildman–Crippen MR) is 138 cm³/mol. The number of imidazole rings is 1. The van der Waals surface area contributed by atoms with Gasteiger partial charge in [-0.2, -0.15) is 26.3 Å². The zero-order valence-electron chi connectivity index (χ0n) is 22.9. The summed E-state index contributed by atoms with van der Waals surface area (Å²) in [6.45, 7) is 3.48. The minimum Gasteiger partial charge on any atom is -0.240 e. The molecule has 0 radical (unpaired) electrons. The summed E-state index contributed by atoms with van der Waals surface area (Å²) in [5.74, 6) is 0. The maximum atomic E-state index is 11.5. The van der Waals surface area contributed by atoms with Crippen molar-refractivity contribution in [3.05, 3.63) is 18.7 Å². The molecule has 0 aliphatic heterocycles. The topological polar surface area (TPSA) is 89.1 Å². The number of nitrogens with one attached hydrogen (secondary N) is 1. The number of aryl methyl sites for hydroxylation is 2. The third-order valence-corrected chi connectivity index (χ3v) is 8.90. The lowest BCUT2D eigenvalue weighted by molar-refractivity contribution is -0.671. The van der Waals surface area contributed by atoms with Gasteiger partial charge in [-0.25, -0.2) is 26.0 Å². The molecule has 0 saturated carbocycles. The first-order valence-corrected chi connectivity index (χ1v) is 16.4. The molecule has 0 unspecified atom stereocenters. The fraction of sp³-hybridized carbons (Fsp3) is 0.875. The second-order valence-corrected chi connectivity index (χ2v) is 13.2. The van der Waals surface area contributed by atoms with Crippen molar-refractivity contribution >= 4 is 20.0 Å². The number of alkyl halides is 6. The van der Waals surface area contributed by atoms with Crippen molar-refractivity contribution in [2.75, 3.05) is 0 Å². The molecule has 1 heterocycles. The molecule has 1 rings (SSSR count). The number of nitrogens with zero attached hydrogens (tertiary/aromatic N) is 2. The van der Waals surface area contributed by atoms with Crippen molar-refractivity contribution in [2.45, 2.75) is 127 Å². The van der Waals surface area contributed by atoms with Crippen LogP contribution in [-0.2, 0) is 33.6 Å². The predicted octanol–water partition coefficient (Wildman–Crippen LogP) is 6.85. The first-order valence-electron chi connectivity index (χ1n) is 13.5. The molecule has 7 nitrogen and oxygen atoms in total. The van der Waals surface area contributed by atoms with E-state index < -0.39 is 35.2 Å². The van der Waals surface area contributed by atoms with E-state index in [1.165, 1.54) is 109 Å². The lowest BCUT2D eigenvalue weighted by atomic mass is 10.0. The summed E-state index contributed by atoms with van der Waals surface area (Å²) in [5, 5.41) is 0. The minimum absolute atomic E-state index is 0.493. The van der Waals surface area contributed by atoms with Gasteiger partial charge in [-0.1, -0.05) is 101 Å². The molecule has 0 aromatic carbocycles. The largest absolute Gasteiger partial charge is 0.512 e. The summed E-state index contributed by atoms with van der Waals surface area (Å²) in [7, 11) is -11.1. The Labute approximate surface area is 229 Å². The Morgan fingerprint density at radius 2 is 0.974 bits per heavy atom. The Kier molecular flexibility index (Phi) is 18.2. The van der Waals surface area contributed by atoms with Crippen LogP contribution < -0.4 is 8.69 Å². The number of aromatic nitrogens is 2. The number of unbranched alkanes of at least 4 members (excludes halogenated alkanes) is 15. The van der Waals surface area contributed by atoms with Crippen LogP contribution in [0.25, 0.3) is 0 Å². The molecule has 15 heteroatoms. The molecule has 39 heavy (non-hydrogen) atoms. The Bertz CT molecular complexity index is 937. The third kappa shape index (κ3) is 17.9. The molecule has 1 N–H and O–H groups in total. The highest BCUT2D eigenvalue weighted by molar-refractivity contribution is 8.05. The fourth-order valence-corrected chi connectivity index (χ4v) is 5.63. The molecule has 1 aromatic rings. The van der Waals surface area contributed by atoms with Crippen molar-refractivity contribution in [3.63, 3.8) is 0 Å². The van der Waals surface area contributed by atoms with E-state index in [-0.39, 0.29) is 0 Å². The quantitative estimate of drug-likeness (QED) is 0.105. The Morgan fingerprint density at radius 3 is 1.26 bits per heavy atom. The van der Waals surface area contributed by atoms with Gasteiger partial charge in [-0.05, 0) is 12.8 Å². The van der Waals surface area contributed by atoms with Gasteiger partial charge in [0.05, 0.1) is 13.6 Å². The van der Waals surface area contributed by atoms with Gasteiger partial charge < -0.3 is 0 Å². The first-order chi connectivity index (χ1) is 18.0. The van der Waals surface area contributed by atoms with Crippen LogP contribution in [0.1, 0.15) is 110 Å². The second kappa shape index (κ2) is 18.9. The van der Waals surface area contributed by atoms with Crippen LogP contribution in [-0.4, -0.2) is 32.4 Å². The zero-order chi connectivity index (χ0) is 30.0. The Morgan fingerprint density at radius 1 is 0.641 bits per heavy atom. The van der Waals surface area contributed by atoms with Crippen molar-refractivity contribution < 1.29 is 47.7 Å². The number of halogens is 6. The van der Waals surface area contributed by atoms with Crippen LogP contribution in [0.5, 0.6) is 0 Å². The van der Waals surface area contributed by atoms with Crippen LogP contribution in [0.3, 0.4) is 0 Å². The lowest BCUT2D eigenvalue weighted by Gasteiger charge is -2.11. The summed E-state index contributed by atoms with van der Waals surface area (Å²) in [6.07, 6.45) is 29.5. The van der Waals surface area contributed by atoms with Crippen molar-refractivity contribution in [3.8, 4) is 0 Å². The summed E-state index contributed by atoms with van der Waals surface area (Å²) in [4.78, 5) is 0. The van der Waals surface area contributed by atoms with E-state index in [2.05, 4.69) is 41.8 Å². The maximum absolute atomic E-state index is 11.5. The van der Waals surface area contributed by atoms with Gasteiger partial charge in [0.15, 0.2) is 0 Å². The van der Waals surface area contributed by atoms with E-state index >= 15 is 0 Å². The monoisotopic (exact) mass is 616 g/mol. The number of rotatable bonds is 19. The highest BCUT2D eigenvalue weighted by atomic mass is 32.3. The normalized spacial score (nSPS) is 12.8. The van der Waals surface area contributed by atoms with Crippen LogP contribution >= 0.6 is 0 Å². The average Bonchev–Trinajstić information content (AvgIpc) is 3.22. The third-order valence-electron chi connectivity index (χ3n) is 5.92. The van der Waals surface area contributed by atoms with E-state index in [4.69, 9.17) is 0 Å². The summed E-state index contributed by atoms with van der Waals surface area (Å²) in [5.41, 5.74) is -12.3. The Hall–Kier alpha value is -1.35. The SMILES string of the molecule is CCCCCCCCCCCCCCCCCCn1cc[n+](C)c1.O=S(=O)(NS(=O)(=O)C(F)(F)F)C(F)(F)F. The summed E-state index contributed by atoms with van der Waals surface area (Å²) >= 11 is 0. The van der Waals surface area contributed by atoms with Crippen molar-refractivity contribution in [1.29, 1.82) is 0 Å². The van der Waals surface area contributed by atoms with Gasteiger partial charge in [0.2, 0.25) is 6.33 Å². The molecule has 0 spiro atoms. The lowest BCUT2D eigenvalue weighted by Crippen LogP contribution is -2.45. The zero-order valence-corrected chi connectivity index (χ0v) is 24.5. The standard InChI is InChI=1S/C22H43N2.C2HF6NO4S2/c1-3-4-5-6-7-8-9-10-11-12-13-14-15-16-17-18-19-24-21-20-23(2)22-24;3-1(4,5)14(10,11)9-15(12,13)2(6,7)8/h20-22H,3-19H2,1-2H3;9H/q+1;. The molecule has 1 aromatic heterocycles. The van der Waals surface area contributed by atoms with E-state index in [0.717, 1.165) is 0 Å². The van der Waals surface area contributed by atoms with Crippen LogP contribution in [0.15, 0.2) is 18.7 Å². The van der Waals surface area contributed by atoms with E-state index in [1.54, 1.807) is 0 Å². The fourth-order valence-electron chi connectivity index (χ4n) is 3.72.